The lowest BCUT2D eigenvalue weighted by molar-refractivity contribution is -0.112. The van der Waals surface area contributed by atoms with E-state index in [9.17, 15) is 10.1 Å². The van der Waals surface area contributed by atoms with Gasteiger partial charge in [0.1, 0.15) is 17.3 Å². The molecule has 0 atom stereocenters. The number of nitrogens with one attached hydrogen (secondary N) is 1. The number of nitriles is 1. The van der Waals surface area contributed by atoms with Gasteiger partial charge in [0.05, 0.1) is 21.4 Å². The lowest BCUT2D eigenvalue weighted by atomic mass is 10.1. The van der Waals surface area contributed by atoms with Gasteiger partial charge in [-0.05, 0) is 42.5 Å². The Labute approximate surface area is 194 Å². The minimum absolute atomic E-state index is 0.121. The average Bonchev–Trinajstić information content (AvgIpc) is 3.25. The van der Waals surface area contributed by atoms with Gasteiger partial charge in [-0.1, -0.05) is 47.5 Å². The van der Waals surface area contributed by atoms with Gasteiger partial charge in [-0.25, -0.2) is 4.68 Å². The molecule has 2 aromatic heterocycles. The molecule has 156 valence electrons. The number of pyridine rings is 1. The Morgan fingerprint density at radius 1 is 1.00 bits per heavy atom. The Hall–Kier alpha value is -3.92. The number of carbonyl (C=O) groups excluding carboxylic acids is 1. The Bertz CT molecular complexity index is 1320. The van der Waals surface area contributed by atoms with E-state index >= 15 is 0 Å². The van der Waals surface area contributed by atoms with Gasteiger partial charge in [-0.15, -0.1) is 0 Å². The van der Waals surface area contributed by atoms with Crippen LogP contribution >= 0.6 is 23.2 Å². The van der Waals surface area contributed by atoms with E-state index in [0.29, 0.717) is 11.3 Å². The highest BCUT2D eigenvalue weighted by atomic mass is 35.5. The fourth-order valence-corrected chi connectivity index (χ4v) is 3.53. The van der Waals surface area contributed by atoms with Crippen molar-refractivity contribution in [3.8, 4) is 23.0 Å². The van der Waals surface area contributed by atoms with Gasteiger partial charge >= 0.3 is 0 Å². The van der Waals surface area contributed by atoms with Crippen molar-refractivity contribution < 1.29 is 4.79 Å². The monoisotopic (exact) mass is 459 g/mol. The molecule has 4 aromatic rings. The van der Waals surface area contributed by atoms with E-state index < -0.39 is 5.91 Å². The van der Waals surface area contributed by atoms with E-state index in [1.165, 1.54) is 6.08 Å². The van der Waals surface area contributed by atoms with Gasteiger partial charge in [0.25, 0.3) is 5.91 Å². The topological polar surface area (TPSA) is 83.6 Å². The van der Waals surface area contributed by atoms with E-state index in [-0.39, 0.29) is 21.3 Å². The number of para-hydroxylation sites is 2. The number of benzene rings is 2. The summed E-state index contributed by atoms with van der Waals surface area (Å²) >= 11 is 12.3. The molecule has 0 radical (unpaired) electrons. The molecule has 2 heterocycles. The fraction of sp³-hybridized carbons (Fsp3) is 0. The van der Waals surface area contributed by atoms with Crippen LogP contribution in [0.3, 0.4) is 0 Å². The Kier molecular flexibility index (Phi) is 6.31. The highest BCUT2D eigenvalue weighted by Gasteiger charge is 2.17. The van der Waals surface area contributed by atoms with Crippen molar-refractivity contribution in [1.29, 1.82) is 5.26 Å². The van der Waals surface area contributed by atoms with Crippen molar-refractivity contribution >= 4 is 40.9 Å². The first kappa shape index (κ1) is 21.3. The molecule has 1 amide bonds. The molecule has 0 bridgehead atoms. The van der Waals surface area contributed by atoms with Crippen molar-refractivity contribution in [3.63, 3.8) is 0 Å². The normalized spacial score (nSPS) is 11.1. The van der Waals surface area contributed by atoms with Gasteiger partial charge in [0.15, 0.2) is 0 Å². The summed E-state index contributed by atoms with van der Waals surface area (Å²) in [7, 11) is 0. The maximum atomic E-state index is 12.8. The first-order valence-electron chi connectivity index (χ1n) is 9.49. The van der Waals surface area contributed by atoms with Crippen molar-refractivity contribution in [3.05, 3.63) is 100 Å². The number of aromatic nitrogens is 3. The summed E-state index contributed by atoms with van der Waals surface area (Å²) in [6.45, 7) is 0. The molecule has 0 saturated heterocycles. The zero-order valence-corrected chi connectivity index (χ0v) is 18.0. The second-order valence-corrected chi connectivity index (χ2v) is 7.48. The minimum atomic E-state index is -0.629. The molecular weight excluding hydrogens is 445 g/mol. The van der Waals surface area contributed by atoms with Crippen molar-refractivity contribution in [1.82, 2.24) is 14.8 Å². The number of carbonyl (C=O) groups is 1. The first-order chi connectivity index (χ1) is 15.6. The zero-order chi connectivity index (χ0) is 22.5. The predicted molar refractivity (Wildman–Crippen MR) is 125 cm³/mol. The molecule has 0 unspecified atom stereocenters. The number of hydrogen-bond acceptors (Lipinski definition) is 4. The summed E-state index contributed by atoms with van der Waals surface area (Å²) in [6.07, 6.45) is 6.56. The molecule has 0 saturated carbocycles. The van der Waals surface area contributed by atoms with E-state index in [1.54, 1.807) is 41.5 Å². The van der Waals surface area contributed by atoms with Crippen LogP contribution in [0.2, 0.25) is 10.0 Å². The molecule has 0 spiro atoms. The van der Waals surface area contributed by atoms with Gasteiger partial charge in [-0.2, -0.15) is 10.4 Å². The lowest BCUT2D eigenvalue weighted by Gasteiger charge is -2.08. The molecule has 0 aliphatic rings. The number of hydrogen-bond donors (Lipinski definition) is 1. The molecule has 0 fully saturated rings. The van der Waals surface area contributed by atoms with Crippen LogP contribution < -0.4 is 5.32 Å². The van der Waals surface area contributed by atoms with E-state index in [4.69, 9.17) is 23.2 Å². The quantitative estimate of drug-likeness (QED) is 0.302. The Balaban J connectivity index is 1.76. The number of amides is 1. The van der Waals surface area contributed by atoms with Gasteiger partial charge in [-0.3, -0.25) is 9.78 Å². The van der Waals surface area contributed by atoms with E-state index in [2.05, 4.69) is 15.4 Å². The summed E-state index contributed by atoms with van der Waals surface area (Å²) < 4.78 is 1.69. The van der Waals surface area contributed by atoms with E-state index in [0.717, 1.165) is 11.3 Å². The van der Waals surface area contributed by atoms with Crippen molar-refractivity contribution in [2.24, 2.45) is 0 Å². The number of anilines is 1. The number of halogens is 2. The van der Waals surface area contributed by atoms with Gasteiger partial charge in [0, 0.05) is 29.7 Å². The van der Waals surface area contributed by atoms with Crippen LogP contribution in [0, 0.1) is 11.3 Å². The van der Waals surface area contributed by atoms with Crippen LogP contribution in [0.4, 0.5) is 5.69 Å². The van der Waals surface area contributed by atoms with E-state index in [1.807, 2.05) is 48.5 Å². The van der Waals surface area contributed by atoms with Gasteiger partial charge < -0.3 is 5.32 Å². The summed E-state index contributed by atoms with van der Waals surface area (Å²) in [6, 6.07) is 20.0. The number of nitrogens with zero attached hydrogens (tertiary/aromatic N) is 4. The summed E-state index contributed by atoms with van der Waals surface area (Å²) in [5, 5.41) is 17.5. The highest BCUT2D eigenvalue weighted by molar-refractivity contribution is 6.40. The SMILES string of the molecule is N#C/C(=C\c1cn(-c2ccccc2)nc1-c1ccncc1)C(=O)Nc1c(Cl)cccc1Cl. The molecule has 6 nitrogen and oxygen atoms in total. The molecule has 0 aliphatic heterocycles. The first-order valence-corrected chi connectivity index (χ1v) is 10.2. The molecule has 32 heavy (non-hydrogen) atoms. The van der Waals surface area contributed by atoms with Crippen LogP contribution in [0.1, 0.15) is 5.56 Å². The number of rotatable bonds is 5. The lowest BCUT2D eigenvalue weighted by Crippen LogP contribution is -2.14. The largest absolute Gasteiger partial charge is 0.319 e. The van der Waals surface area contributed by atoms with Crippen LogP contribution in [0.15, 0.2) is 84.8 Å². The molecule has 0 aliphatic carbocycles. The molecule has 1 N–H and O–H groups in total. The second kappa shape index (κ2) is 9.48. The molecule has 4 rings (SSSR count). The predicted octanol–water partition coefficient (Wildman–Crippen LogP) is 5.79. The van der Waals surface area contributed by atoms with Crippen LogP contribution in [0.5, 0.6) is 0 Å². The molecule has 8 heteroatoms. The third-order valence-electron chi connectivity index (χ3n) is 4.58. The minimum Gasteiger partial charge on any atom is -0.319 e. The van der Waals surface area contributed by atoms with Crippen LogP contribution in [-0.4, -0.2) is 20.7 Å². The fourth-order valence-electron chi connectivity index (χ4n) is 3.04. The van der Waals surface area contributed by atoms with Crippen LogP contribution in [-0.2, 0) is 4.79 Å². The summed E-state index contributed by atoms with van der Waals surface area (Å²) in [4.78, 5) is 16.9. The highest BCUT2D eigenvalue weighted by Crippen LogP contribution is 2.31. The third kappa shape index (κ3) is 4.54. The van der Waals surface area contributed by atoms with Gasteiger partial charge in [0.2, 0.25) is 0 Å². The standard InChI is InChI=1S/C24H15Cl2N5O/c25-20-7-4-8-21(26)23(20)29-24(32)17(14-27)13-18-15-31(19-5-2-1-3-6-19)30-22(18)16-9-11-28-12-10-16/h1-13,15H,(H,29,32)/b17-13+. The second-order valence-electron chi connectivity index (χ2n) is 6.67. The summed E-state index contributed by atoms with van der Waals surface area (Å²) in [5.74, 6) is -0.629. The third-order valence-corrected chi connectivity index (χ3v) is 5.21. The maximum Gasteiger partial charge on any atom is 0.266 e. The molecular formula is C24H15Cl2N5O. The van der Waals surface area contributed by atoms with Crippen molar-refractivity contribution in [2.75, 3.05) is 5.32 Å². The van der Waals surface area contributed by atoms with Crippen molar-refractivity contribution in [2.45, 2.75) is 0 Å². The smallest absolute Gasteiger partial charge is 0.266 e. The Morgan fingerprint density at radius 3 is 2.34 bits per heavy atom. The zero-order valence-electron chi connectivity index (χ0n) is 16.5. The van der Waals surface area contributed by atoms with Crippen LogP contribution in [0.25, 0.3) is 23.0 Å². The summed E-state index contributed by atoms with van der Waals surface area (Å²) in [5.41, 5.74) is 2.96. The Morgan fingerprint density at radius 2 is 1.69 bits per heavy atom. The average molecular weight is 460 g/mol. The maximum absolute atomic E-state index is 12.8. The molecule has 2 aromatic carbocycles.